The van der Waals surface area contributed by atoms with Crippen LogP contribution in [0.3, 0.4) is 0 Å². The molecule has 0 fully saturated rings. The van der Waals surface area contributed by atoms with Crippen LogP contribution in [0.1, 0.15) is 11.1 Å². The first-order chi connectivity index (χ1) is 12.7. The maximum absolute atomic E-state index is 14.0. The summed E-state index contributed by atoms with van der Waals surface area (Å²) in [5.41, 5.74) is 2.26. The van der Waals surface area contributed by atoms with E-state index in [0.717, 1.165) is 0 Å². The van der Waals surface area contributed by atoms with E-state index in [1.807, 2.05) is 0 Å². The number of phenolic OH excluding ortho intramolecular Hbond substituents is 2. The Morgan fingerprint density at radius 2 is 1.32 bits per heavy atom. The van der Waals surface area contributed by atoms with Gasteiger partial charge in [0.25, 0.3) is 0 Å². The van der Waals surface area contributed by atoms with Crippen molar-refractivity contribution in [1.29, 1.82) is 0 Å². The third kappa shape index (κ3) is 3.46. The standard InChI is InChI=1S/C16H13F6N3O2S/c17-15(18,19)14(16(20,21)22,7-1-3-11(26)9(23)5-7)8-2-4-12(27)10(6-8)25-13(24)28/h1-6,26-27H,23H2,(H3,24,25,28). The quantitative estimate of drug-likeness (QED) is 0.222. The summed E-state index contributed by atoms with van der Waals surface area (Å²) in [5.74, 6) is -1.34. The number of thiocarbonyl (C=S) groups is 1. The zero-order valence-corrected chi connectivity index (χ0v) is 14.5. The molecule has 0 aliphatic carbocycles. The van der Waals surface area contributed by atoms with Crippen molar-refractivity contribution < 1.29 is 36.6 Å². The van der Waals surface area contributed by atoms with Gasteiger partial charge < -0.3 is 27.0 Å². The van der Waals surface area contributed by atoms with Gasteiger partial charge in [-0.15, -0.1) is 0 Å². The number of nitrogens with one attached hydrogen (secondary N) is 1. The van der Waals surface area contributed by atoms with E-state index in [0.29, 0.717) is 36.4 Å². The Bertz CT molecular complexity index is 900. The van der Waals surface area contributed by atoms with Crippen molar-refractivity contribution in [2.24, 2.45) is 5.73 Å². The molecule has 28 heavy (non-hydrogen) atoms. The van der Waals surface area contributed by atoms with Gasteiger partial charge in [-0.25, -0.2) is 0 Å². The van der Waals surface area contributed by atoms with Crippen molar-refractivity contribution in [3.05, 3.63) is 47.5 Å². The molecule has 0 unspecified atom stereocenters. The molecule has 2 aromatic rings. The lowest BCUT2D eigenvalue weighted by Gasteiger charge is -2.38. The number of anilines is 2. The van der Waals surface area contributed by atoms with Crippen molar-refractivity contribution in [2.75, 3.05) is 11.1 Å². The molecule has 0 radical (unpaired) electrons. The van der Waals surface area contributed by atoms with Crippen LogP contribution in [-0.4, -0.2) is 27.7 Å². The molecule has 2 aromatic carbocycles. The summed E-state index contributed by atoms with van der Waals surface area (Å²) in [6.07, 6.45) is -11.7. The Labute approximate surface area is 159 Å². The Kier molecular flexibility index (Phi) is 5.30. The molecular weight excluding hydrogens is 412 g/mol. The van der Waals surface area contributed by atoms with Gasteiger partial charge in [-0.2, -0.15) is 26.3 Å². The van der Waals surface area contributed by atoms with Gasteiger partial charge in [-0.1, -0.05) is 12.1 Å². The minimum atomic E-state index is -5.87. The number of nitrogens with two attached hydrogens (primary N) is 2. The lowest BCUT2D eigenvalue weighted by atomic mass is 9.72. The first-order valence-corrected chi connectivity index (χ1v) is 7.75. The molecule has 0 saturated carbocycles. The van der Waals surface area contributed by atoms with Gasteiger partial charge in [0.15, 0.2) is 5.11 Å². The number of nitrogen functional groups attached to an aromatic ring is 1. The van der Waals surface area contributed by atoms with Crippen LogP contribution < -0.4 is 16.8 Å². The SMILES string of the molecule is NC(=S)Nc1cc(C(c2ccc(O)c(N)c2)(C(F)(F)F)C(F)(F)F)ccc1O. The molecule has 0 bridgehead atoms. The van der Waals surface area contributed by atoms with Crippen LogP contribution in [0.2, 0.25) is 0 Å². The number of rotatable bonds is 3. The molecule has 5 nitrogen and oxygen atoms in total. The monoisotopic (exact) mass is 425 g/mol. The Hall–Kier alpha value is -2.89. The number of phenols is 2. The predicted octanol–water partition coefficient (Wildman–Crippen LogP) is 3.75. The zero-order valence-electron chi connectivity index (χ0n) is 13.7. The van der Waals surface area contributed by atoms with E-state index in [-0.39, 0.29) is 0 Å². The molecule has 0 aliphatic rings. The van der Waals surface area contributed by atoms with Crippen molar-refractivity contribution in [1.82, 2.24) is 0 Å². The van der Waals surface area contributed by atoms with E-state index in [1.54, 1.807) is 0 Å². The maximum atomic E-state index is 14.0. The van der Waals surface area contributed by atoms with Crippen LogP contribution in [0.4, 0.5) is 37.7 Å². The molecule has 7 N–H and O–H groups in total. The molecule has 0 aliphatic heterocycles. The van der Waals surface area contributed by atoms with Crippen LogP contribution in [0.15, 0.2) is 36.4 Å². The molecule has 2 rings (SSSR count). The van der Waals surface area contributed by atoms with Gasteiger partial charge in [-0.3, -0.25) is 0 Å². The predicted molar refractivity (Wildman–Crippen MR) is 93.9 cm³/mol. The third-order valence-electron chi connectivity index (χ3n) is 4.00. The second-order valence-electron chi connectivity index (χ2n) is 5.74. The highest BCUT2D eigenvalue weighted by atomic mass is 32.1. The number of aromatic hydroxyl groups is 2. The second-order valence-corrected chi connectivity index (χ2v) is 6.18. The van der Waals surface area contributed by atoms with Gasteiger partial charge in [0.1, 0.15) is 11.5 Å². The van der Waals surface area contributed by atoms with Gasteiger partial charge in [0, 0.05) is 0 Å². The topological polar surface area (TPSA) is 105 Å². The second kappa shape index (κ2) is 6.93. The van der Waals surface area contributed by atoms with Crippen LogP contribution in [-0.2, 0) is 5.41 Å². The van der Waals surface area contributed by atoms with E-state index >= 15 is 0 Å². The third-order valence-corrected chi connectivity index (χ3v) is 4.10. The summed E-state index contributed by atoms with van der Waals surface area (Å²) in [5, 5.41) is 20.8. The summed E-state index contributed by atoms with van der Waals surface area (Å²) in [7, 11) is 0. The van der Waals surface area contributed by atoms with E-state index in [9.17, 15) is 36.6 Å². The zero-order chi connectivity index (χ0) is 21.5. The van der Waals surface area contributed by atoms with Gasteiger partial charge in [-0.05, 0) is 47.6 Å². The molecule has 0 amide bonds. The van der Waals surface area contributed by atoms with Crippen LogP contribution in [0.5, 0.6) is 11.5 Å². The summed E-state index contributed by atoms with van der Waals surface area (Å²) in [4.78, 5) is 0. The Balaban J connectivity index is 2.93. The molecule has 0 atom stereocenters. The largest absolute Gasteiger partial charge is 0.506 e. The average molecular weight is 425 g/mol. The number of halogens is 6. The highest BCUT2D eigenvalue weighted by Gasteiger charge is 2.72. The minimum absolute atomic E-state index is 0.393. The Morgan fingerprint density at radius 1 is 0.857 bits per heavy atom. The fourth-order valence-corrected chi connectivity index (χ4v) is 2.88. The average Bonchev–Trinajstić information content (AvgIpc) is 2.51. The first-order valence-electron chi connectivity index (χ1n) is 7.34. The summed E-state index contributed by atoms with van der Waals surface area (Å²) in [6.45, 7) is 0. The van der Waals surface area contributed by atoms with Gasteiger partial charge >= 0.3 is 12.4 Å². The number of benzene rings is 2. The number of hydrogen-bond donors (Lipinski definition) is 5. The Morgan fingerprint density at radius 3 is 1.75 bits per heavy atom. The van der Waals surface area contributed by atoms with Crippen LogP contribution >= 0.6 is 12.2 Å². The minimum Gasteiger partial charge on any atom is -0.506 e. The molecule has 152 valence electrons. The molecule has 0 heterocycles. The summed E-state index contributed by atoms with van der Waals surface area (Å²) < 4.78 is 84.1. The van der Waals surface area contributed by atoms with Gasteiger partial charge in [0.2, 0.25) is 5.41 Å². The lowest BCUT2D eigenvalue weighted by Crippen LogP contribution is -2.54. The fourth-order valence-electron chi connectivity index (χ4n) is 2.77. The van der Waals surface area contributed by atoms with Gasteiger partial charge in [0.05, 0.1) is 11.4 Å². The van der Waals surface area contributed by atoms with Crippen LogP contribution in [0.25, 0.3) is 0 Å². The fraction of sp³-hybridized carbons (Fsp3) is 0.188. The van der Waals surface area contributed by atoms with Crippen LogP contribution in [0, 0.1) is 0 Å². The van der Waals surface area contributed by atoms with Crippen molar-refractivity contribution in [3.63, 3.8) is 0 Å². The van der Waals surface area contributed by atoms with E-state index in [4.69, 9.17) is 11.5 Å². The molecule has 0 aromatic heterocycles. The highest BCUT2D eigenvalue weighted by molar-refractivity contribution is 7.80. The number of hydrogen-bond acceptors (Lipinski definition) is 4. The summed E-state index contributed by atoms with van der Waals surface area (Å²) in [6, 6.07) is 3.06. The molecule has 0 spiro atoms. The summed E-state index contributed by atoms with van der Waals surface area (Å²) >= 11 is 4.51. The first kappa shape index (κ1) is 21.4. The molecular formula is C16H13F6N3O2S. The van der Waals surface area contributed by atoms with Crippen molar-refractivity contribution in [3.8, 4) is 11.5 Å². The molecule has 12 heteroatoms. The van der Waals surface area contributed by atoms with Crippen molar-refractivity contribution in [2.45, 2.75) is 17.8 Å². The normalized spacial score (nSPS) is 12.6. The lowest BCUT2D eigenvalue weighted by molar-refractivity contribution is -0.288. The van der Waals surface area contributed by atoms with E-state index in [1.165, 1.54) is 0 Å². The highest BCUT2D eigenvalue weighted by Crippen LogP contribution is 2.57. The van der Waals surface area contributed by atoms with Crippen molar-refractivity contribution >= 4 is 28.7 Å². The molecule has 0 saturated heterocycles. The smallest absolute Gasteiger partial charge is 0.411 e. The van der Waals surface area contributed by atoms with E-state index in [2.05, 4.69) is 17.5 Å². The maximum Gasteiger partial charge on any atom is 0.411 e. The number of alkyl halides is 6. The van der Waals surface area contributed by atoms with E-state index < -0.39 is 56.9 Å².